The fourth-order valence-corrected chi connectivity index (χ4v) is 7.55. The molecule has 2 aromatic rings. The van der Waals surface area contributed by atoms with E-state index in [0.717, 1.165) is 30.9 Å². The van der Waals surface area contributed by atoms with Gasteiger partial charge < -0.3 is 20.4 Å². The van der Waals surface area contributed by atoms with E-state index in [4.69, 9.17) is 0 Å². The minimum Gasteiger partial charge on any atom is -0.508 e. The third-order valence-corrected chi connectivity index (χ3v) is 9.35. The van der Waals surface area contributed by atoms with E-state index in [1.54, 1.807) is 13.0 Å². The van der Waals surface area contributed by atoms with Crippen LogP contribution >= 0.6 is 0 Å². The molecule has 0 spiro atoms. The first kappa shape index (κ1) is 31.0. The van der Waals surface area contributed by atoms with Gasteiger partial charge in [-0.15, -0.1) is 0 Å². The van der Waals surface area contributed by atoms with Crippen molar-refractivity contribution in [2.45, 2.75) is 72.3 Å². The Bertz CT molecular complexity index is 1760. The molecule has 0 unspecified atom stereocenters. The zero-order valence-electron chi connectivity index (χ0n) is 25.8. The molecular formula is C37H38O7. The second kappa shape index (κ2) is 10.6. The van der Waals surface area contributed by atoms with E-state index >= 15 is 0 Å². The predicted octanol–water partition coefficient (Wildman–Crippen LogP) is 5.85. The quantitative estimate of drug-likeness (QED) is 0.194. The molecule has 0 aromatic heterocycles. The smallest absolute Gasteiger partial charge is 0.203 e. The van der Waals surface area contributed by atoms with Gasteiger partial charge in [-0.2, -0.15) is 0 Å². The van der Waals surface area contributed by atoms with E-state index in [9.17, 15) is 34.8 Å². The van der Waals surface area contributed by atoms with E-state index in [1.807, 2.05) is 24.3 Å². The lowest BCUT2D eigenvalue weighted by molar-refractivity contribution is -0.164. The highest BCUT2D eigenvalue weighted by Gasteiger charge is 2.68. The Morgan fingerprint density at radius 1 is 1.00 bits per heavy atom. The molecule has 1 fully saturated rings. The van der Waals surface area contributed by atoms with E-state index in [1.165, 1.54) is 18.6 Å². The number of rotatable bonds is 5. The predicted molar refractivity (Wildman–Crippen MR) is 167 cm³/mol. The second-order valence-corrected chi connectivity index (χ2v) is 13.6. The van der Waals surface area contributed by atoms with Gasteiger partial charge in [-0.1, -0.05) is 63.8 Å². The van der Waals surface area contributed by atoms with Crippen molar-refractivity contribution in [3.63, 3.8) is 0 Å². The molecule has 2 aromatic carbocycles. The van der Waals surface area contributed by atoms with Gasteiger partial charge in [-0.25, -0.2) is 0 Å². The van der Waals surface area contributed by atoms with Crippen LogP contribution in [0.5, 0.6) is 5.75 Å². The summed E-state index contributed by atoms with van der Waals surface area (Å²) < 4.78 is 0. The first-order valence-electron chi connectivity index (χ1n) is 14.8. The molecule has 228 valence electrons. The lowest BCUT2D eigenvalue weighted by atomic mass is 9.47. The summed E-state index contributed by atoms with van der Waals surface area (Å²) in [5.74, 6) is 2.71. The van der Waals surface area contributed by atoms with Gasteiger partial charge in [-0.05, 0) is 73.9 Å². The zero-order chi connectivity index (χ0) is 32.4. The van der Waals surface area contributed by atoms with Crippen LogP contribution in [0.25, 0.3) is 5.76 Å². The van der Waals surface area contributed by atoms with Crippen LogP contribution in [0.2, 0.25) is 0 Å². The van der Waals surface area contributed by atoms with Gasteiger partial charge in [0.2, 0.25) is 5.78 Å². The van der Waals surface area contributed by atoms with Crippen LogP contribution in [0.15, 0.2) is 65.5 Å². The summed E-state index contributed by atoms with van der Waals surface area (Å²) in [4.78, 5) is 39.2. The largest absolute Gasteiger partial charge is 0.508 e. The first-order valence-corrected chi connectivity index (χ1v) is 14.8. The van der Waals surface area contributed by atoms with Crippen molar-refractivity contribution in [3.8, 4) is 17.6 Å². The molecule has 7 nitrogen and oxygen atoms in total. The topological polar surface area (TPSA) is 132 Å². The third-order valence-electron chi connectivity index (χ3n) is 9.35. The molecule has 1 saturated carbocycles. The van der Waals surface area contributed by atoms with E-state index < -0.39 is 50.9 Å². The monoisotopic (exact) mass is 594 g/mol. The van der Waals surface area contributed by atoms with Crippen molar-refractivity contribution in [1.82, 2.24) is 0 Å². The molecule has 0 radical (unpaired) electrons. The molecule has 7 heteroatoms. The molecule has 0 amide bonds. The highest BCUT2D eigenvalue weighted by Crippen LogP contribution is 2.62. The number of allylic oxidation sites excluding steroid dienone is 2. The maximum absolute atomic E-state index is 14.1. The Morgan fingerprint density at radius 3 is 2.27 bits per heavy atom. The third kappa shape index (κ3) is 4.78. The minimum absolute atomic E-state index is 0.0333. The van der Waals surface area contributed by atoms with Crippen LogP contribution in [-0.4, -0.2) is 43.4 Å². The van der Waals surface area contributed by atoms with Crippen LogP contribution in [0.3, 0.4) is 0 Å². The number of aromatic hydroxyl groups is 1. The van der Waals surface area contributed by atoms with Crippen LogP contribution < -0.4 is 0 Å². The highest BCUT2D eigenvalue weighted by atomic mass is 16.3. The summed E-state index contributed by atoms with van der Waals surface area (Å²) in [5.41, 5.74) is -1.67. The molecule has 3 aliphatic carbocycles. The lowest BCUT2D eigenvalue weighted by Gasteiger charge is -2.56. The Balaban J connectivity index is 1.56. The fraction of sp³-hybridized carbons (Fsp3) is 0.378. The summed E-state index contributed by atoms with van der Waals surface area (Å²) in [6, 6.07) is 11.0. The number of aliphatic hydroxyl groups is 3. The van der Waals surface area contributed by atoms with Gasteiger partial charge in [0.15, 0.2) is 17.2 Å². The molecule has 0 saturated heterocycles. The van der Waals surface area contributed by atoms with Crippen molar-refractivity contribution in [2.24, 2.45) is 16.7 Å². The standard InChI is InChI=1S/C37H38O7/c1-20(2)15-21(3)16-24-9-7-23(8-10-24)11-12-25-13-14-27(39)30-26(25)17-35(5)19-36(6)18-28(40)29(22(4)38)33(42)37(36,44)34(43)31(35)32(30)41/h7-10,13-14,20,39,41-42,44H,3,15-19H2,1-2,4-6H3/t35-,36+,37+/m0/s1. The van der Waals surface area contributed by atoms with Crippen LogP contribution in [0.4, 0.5) is 0 Å². The molecule has 44 heavy (non-hydrogen) atoms. The SMILES string of the molecule is C=C(Cc1ccc(C#Cc2ccc(O)c3c2C[C@@]2(C)C[C@@]4(C)CC(=O)C(C(C)=O)=C(O)[C@@]4(O)C(=O)C2=C3O)cc1)CC(C)C. The Hall–Kier alpha value is -4.41. The number of benzene rings is 2. The van der Waals surface area contributed by atoms with E-state index in [0.29, 0.717) is 17.0 Å². The highest BCUT2D eigenvalue weighted by molar-refractivity contribution is 6.23. The zero-order valence-corrected chi connectivity index (χ0v) is 25.8. The molecular weight excluding hydrogens is 556 g/mol. The van der Waals surface area contributed by atoms with Crippen molar-refractivity contribution < 1.29 is 34.8 Å². The number of hydrogen-bond donors (Lipinski definition) is 4. The van der Waals surface area contributed by atoms with E-state index in [-0.39, 0.29) is 36.1 Å². The first-order chi connectivity index (χ1) is 20.5. The van der Waals surface area contributed by atoms with E-state index in [2.05, 4.69) is 32.3 Å². The van der Waals surface area contributed by atoms with Gasteiger partial charge >= 0.3 is 0 Å². The average molecular weight is 595 g/mol. The summed E-state index contributed by atoms with van der Waals surface area (Å²) in [6.07, 6.45) is 1.64. The van der Waals surface area contributed by atoms with Crippen LogP contribution in [0.1, 0.15) is 81.7 Å². The number of fused-ring (bicyclic) bond motifs is 3. The number of hydrogen-bond acceptors (Lipinski definition) is 7. The van der Waals surface area contributed by atoms with Gasteiger partial charge in [0.05, 0.1) is 5.56 Å². The van der Waals surface area contributed by atoms with Crippen molar-refractivity contribution >= 4 is 23.1 Å². The molecule has 3 aliphatic rings. The van der Waals surface area contributed by atoms with Gasteiger partial charge in [0, 0.05) is 34.0 Å². The average Bonchev–Trinajstić information content (AvgIpc) is 2.90. The number of phenols is 1. The number of carbonyl (C=O) groups is 3. The van der Waals surface area contributed by atoms with Gasteiger partial charge in [-0.3, -0.25) is 14.4 Å². The van der Waals surface area contributed by atoms with Crippen LogP contribution in [-0.2, 0) is 27.2 Å². The maximum Gasteiger partial charge on any atom is 0.203 e. The molecule has 0 heterocycles. The molecule has 5 rings (SSSR count). The normalized spacial score (nSPS) is 26.1. The number of Topliss-reactive ketones (excluding diaryl/α,β-unsaturated/α-hetero) is 3. The molecule has 4 N–H and O–H groups in total. The molecule has 0 bridgehead atoms. The van der Waals surface area contributed by atoms with Crippen LogP contribution in [0, 0.1) is 28.6 Å². The van der Waals surface area contributed by atoms with Crippen molar-refractivity contribution in [3.05, 3.63) is 93.3 Å². The number of aliphatic hydroxyl groups excluding tert-OH is 2. The minimum atomic E-state index is -2.59. The Kier molecular flexibility index (Phi) is 7.50. The van der Waals surface area contributed by atoms with Gasteiger partial charge in [0.25, 0.3) is 0 Å². The number of carbonyl (C=O) groups excluding carboxylic acids is 3. The number of ketones is 3. The Labute approximate surface area is 257 Å². The number of phenolic OH excluding ortho intramolecular Hbond substituents is 1. The van der Waals surface area contributed by atoms with Crippen molar-refractivity contribution in [1.29, 1.82) is 0 Å². The fourth-order valence-electron chi connectivity index (χ4n) is 7.55. The summed E-state index contributed by atoms with van der Waals surface area (Å²) >= 11 is 0. The summed E-state index contributed by atoms with van der Waals surface area (Å²) in [7, 11) is 0. The molecule has 3 atom stereocenters. The lowest BCUT2D eigenvalue weighted by Crippen LogP contribution is -2.65. The second-order valence-electron chi connectivity index (χ2n) is 13.6. The molecule has 0 aliphatic heterocycles. The Morgan fingerprint density at radius 2 is 1.66 bits per heavy atom. The maximum atomic E-state index is 14.1. The van der Waals surface area contributed by atoms with Crippen molar-refractivity contribution in [2.75, 3.05) is 0 Å². The summed E-state index contributed by atoms with van der Waals surface area (Å²) in [6.45, 7) is 12.9. The summed E-state index contributed by atoms with van der Waals surface area (Å²) in [5, 5.41) is 45.2. The van der Waals surface area contributed by atoms with Gasteiger partial charge in [0.1, 0.15) is 22.8 Å².